The first kappa shape index (κ1) is 22.9. The van der Waals surface area contributed by atoms with Crippen LogP contribution in [0.3, 0.4) is 0 Å². The van der Waals surface area contributed by atoms with E-state index in [2.05, 4.69) is 25.4 Å². The van der Waals surface area contributed by atoms with Gasteiger partial charge in [-0.3, -0.25) is 19.8 Å². The van der Waals surface area contributed by atoms with Gasteiger partial charge in [-0.2, -0.15) is 9.61 Å². The van der Waals surface area contributed by atoms with E-state index >= 15 is 0 Å². The lowest BCUT2D eigenvalue weighted by Crippen LogP contribution is -2.25. The number of thiophene rings is 1. The Morgan fingerprint density at radius 1 is 1.27 bits per heavy atom. The normalized spacial score (nSPS) is 14.5. The van der Waals surface area contributed by atoms with Crippen molar-refractivity contribution in [1.82, 2.24) is 34.9 Å². The quantitative estimate of drug-likeness (QED) is 0.256. The van der Waals surface area contributed by atoms with Crippen LogP contribution in [0.25, 0.3) is 22.3 Å². The Morgan fingerprint density at radius 2 is 2.16 bits per heavy atom. The van der Waals surface area contributed by atoms with Crippen LogP contribution < -0.4 is 21.7 Å². The molecular formula is C25H22N8O3S. The van der Waals surface area contributed by atoms with Gasteiger partial charge in [0.2, 0.25) is 5.88 Å². The molecule has 1 aliphatic carbocycles. The van der Waals surface area contributed by atoms with Crippen molar-refractivity contribution < 1.29 is 9.90 Å². The Bertz CT molecular complexity index is 1780. The van der Waals surface area contributed by atoms with Crippen LogP contribution in [0.4, 0.5) is 0 Å². The maximum Gasteiger partial charge on any atom is 0.326 e. The van der Waals surface area contributed by atoms with Crippen molar-refractivity contribution in [1.29, 1.82) is 0 Å². The molecule has 186 valence electrons. The van der Waals surface area contributed by atoms with Gasteiger partial charge in [-0.1, -0.05) is 6.07 Å². The van der Waals surface area contributed by atoms with Crippen molar-refractivity contribution >= 4 is 29.0 Å². The zero-order valence-electron chi connectivity index (χ0n) is 19.5. The van der Waals surface area contributed by atoms with E-state index in [1.165, 1.54) is 11.3 Å². The van der Waals surface area contributed by atoms with Crippen molar-refractivity contribution in [3.05, 3.63) is 86.2 Å². The molecule has 37 heavy (non-hydrogen) atoms. The first-order chi connectivity index (χ1) is 18.0. The number of carbonyl (C=O) groups is 1. The molecule has 4 N–H and O–H groups in total. The number of fused-ring (bicyclic) bond motifs is 1. The summed E-state index contributed by atoms with van der Waals surface area (Å²) in [7, 11) is 0. The summed E-state index contributed by atoms with van der Waals surface area (Å²) in [5.74, 6) is -0.415. The predicted molar refractivity (Wildman–Crippen MR) is 137 cm³/mol. The summed E-state index contributed by atoms with van der Waals surface area (Å²) < 4.78 is 1.65. The fraction of sp³-hybridized carbons (Fsp3) is 0.200. The van der Waals surface area contributed by atoms with Crippen molar-refractivity contribution in [2.24, 2.45) is 4.99 Å². The fourth-order valence-electron chi connectivity index (χ4n) is 3.86. The molecule has 0 aliphatic heterocycles. The van der Waals surface area contributed by atoms with Gasteiger partial charge in [-0.15, -0.1) is 11.3 Å². The number of hydrogen-bond donors (Lipinski definition) is 4. The molecule has 0 unspecified atom stereocenters. The lowest BCUT2D eigenvalue weighted by molar-refractivity contribution is 0.0958. The van der Waals surface area contributed by atoms with Crippen molar-refractivity contribution in [2.75, 3.05) is 6.54 Å². The minimum absolute atomic E-state index is 0.151. The summed E-state index contributed by atoms with van der Waals surface area (Å²) in [5.41, 5.74) is 2.48. The molecule has 0 bridgehead atoms. The van der Waals surface area contributed by atoms with Crippen LogP contribution in [0.5, 0.6) is 5.88 Å². The van der Waals surface area contributed by atoms with Gasteiger partial charge in [0.05, 0.1) is 27.7 Å². The standard InChI is InChI=1S/C25H22N8O3S/c34-23-18(31-25(36)32-23)11-14-13-28-33-21(29-16-4-5-16)12-17(30-22(14)33)19-6-7-20(37-19)24(35)27-10-8-15-3-1-2-9-26-15/h1-3,6-7,9,11-13,16,34H,4-5,8,10H2,(H,27,35)(H2,31,32,36)/b14-11+,29-21?. The maximum atomic E-state index is 12.7. The van der Waals surface area contributed by atoms with Gasteiger partial charge in [0, 0.05) is 36.1 Å². The maximum absolute atomic E-state index is 12.7. The second-order valence-corrected chi connectivity index (χ2v) is 9.76. The average molecular weight is 515 g/mol. The number of pyridine rings is 1. The molecule has 12 heteroatoms. The molecule has 6 rings (SSSR count). The third kappa shape index (κ3) is 4.91. The highest BCUT2D eigenvalue weighted by Crippen LogP contribution is 2.27. The smallest absolute Gasteiger partial charge is 0.326 e. The molecule has 0 aromatic carbocycles. The Labute approximate surface area is 213 Å². The van der Waals surface area contributed by atoms with E-state index in [0.29, 0.717) is 39.9 Å². The highest BCUT2D eigenvalue weighted by molar-refractivity contribution is 7.17. The molecule has 1 aliphatic rings. The SMILES string of the molecule is O=C(NCCc1ccccn1)c1ccc(-c2cc(=NC3CC3)n3nc/c(=C\c4[nH]c(=O)[nH]c4O)c3n2)s1. The number of carbonyl (C=O) groups excluding carboxylic acids is 1. The van der Waals surface area contributed by atoms with Gasteiger partial charge in [-0.05, 0) is 43.2 Å². The van der Waals surface area contributed by atoms with E-state index < -0.39 is 5.69 Å². The Balaban J connectivity index is 1.32. The topological polar surface area (TPSA) is 153 Å². The minimum atomic E-state index is -0.511. The number of nitrogens with one attached hydrogen (secondary N) is 3. The number of H-pyrrole nitrogens is 2. The zero-order chi connectivity index (χ0) is 25.4. The highest BCUT2D eigenvalue weighted by Gasteiger charge is 2.21. The van der Waals surface area contributed by atoms with Crippen LogP contribution in [0.1, 0.15) is 33.9 Å². The first-order valence-corrected chi connectivity index (χ1v) is 12.6. The van der Waals surface area contributed by atoms with Crippen LogP contribution in [0, 0.1) is 0 Å². The van der Waals surface area contributed by atoms with Gasteiger partial charge in [-0.25, -0.2) is 9.78 Å². The van der Waals surface area contributed by atoms with E-state index in [9.17, 15) is 14.7 Å². The van der Waals surface area contributed by atoms with Gasteiger partial charge in [0.1, 0.15) is 5.69 Å². The van der Waals surface area contributed by atoms with E-state index in [-0.39, 0.29) is 23.5 Å². The molecule has 0 radical (unpaired) electrons. The predicted octanol–water partition coefficient (Wildman–Crippen LogP) is 1.16. The van der Waals surface area contributed by atoms with Crippen LogP contribution in [-0.4, -0.2) is 53.2 Å². The molecule has 0 spiro atoms. The lowest BCUT2D eigenvalue weighted by Gasteiger charge is -2.03. The summed E-state index contributed by atoms with van der Waals surface area (Å²) in [4.78, 5) is 44.4. The summed E-state index contributed by atoms with van der Waals surface area (Å²) in [6.07, 6.45) is 7.65. The summed E-state index contributed by atoms with van der Waals surface area (Å²) in [6, 6.07) is 11.5. The molecule has 0 saturated heterocycles. The number of aromatic amines is 2. The molecule has 5 heterocycles. The summed E-state index contributed by atoms with van der Waals surface area (Å²) in [5, 5.41) is 18.0. The average Bonchev–Trinajstić information content (AvgIpc) is 3.26. The van der Waals surface area contributed by atoms with Gasteiger partial charge in [0.25, 0.3) is 5.91 Å². The van der Waals surface area contributed by atoms with Crippen molar-refractivity contribution in [3.8, 4) is 16.5 Å². The first-order valence-electron chi connectivity index (χ1n) is 11.8. The lowest BCUT2D eigenvalue weighted by atomic mass is 10.2. The monoisotopic (exact) mass is 514 g/mol. The van der Waals surface area contributed by atoms with E-state index in [0.717, 1.165) is 23.4 Å². The van der Waals surface area contributed by atoms with Crippen molar-refractivity contribution in [3.63, 3.8) is 0 Å². The van der Waals surface area contributed by atoms with Crippen LogP contribution in [0.15, 0.2) is 58.6 Å². The molecular weight excluding hydrogens is 492 g/mol. The largest absolute Gasteiger partial charge is 0.493 e. The number of imidazole rings is 1. The fourth-order valence-corrected chi connectivity index (χ4v) is 4.74. The molecule has 1 fully saturated rings. The molecule has 11 nitrogen and oxygen atoms in total. The van der Waals surface area contributed by atoms with E-state index in [4.69, 9.17) is 9.98 Å². The van der Waals surface area contributed by atoms with E-state index in [1.54, 1.807) is 29.1 Å². The third-order valence-corrected chi connectivity index (χ3v) is 6.96. The molecule has 5 aromatic heterocycles. The van der Waals surface area contributed by atoms with Gasteiger partial charge < -0.3 is 15.4 Å². The number of amides is 1. The molecule has 0 atom stereocenters. The number of hydrogen-bond acceptors (Lipinski definition) is 8. The number of aromatic nitrogens is 6. The molecule has 1 saturated carbocycles. The van der Waals surface area contributed by atoms with Crippen molar-refractivity contribution in [2.45, 2.75) is 25.3 Å². The second kappa shape index (κ2) is 9.47. The number of aromatic hydroxyl groups is 1. The summed E-state index contributed by atoms with van der Waals surface area (Å²) >= 11 is 1.35. The third-order valence-electron chi connectivity index (χ3n) is 5.85. The van der Waals surface area contributed by atoms with Crippen LogP contribution in [0.2, 0.25) is 0 Å². The molecule has 5 aromatic rings. The minimum Gasteiger partial charge on any atom is -0.493 e. The number of rotatable bonds is 7. The highest BCUT2D eigenvalue weighted by atomic mass is 32.1. The zero-order valence-corrected chi connectivity index (χ0v) is 20.3. The van der Waals surface area contributed by atoms with E-state index in [1.807, 2.05) is 30.3 Å². The number of nitrogens with zero attached hydrogens (tertiary/aromatic N) is 5. The Morgan fingerprint density at radius 3 is 2.92 bits per heavy atom. The Kier molecular flexibility index (Phi) is 5.85. The van der Waals surface area contributed by atoms with Gasteiger partial charge in [0.15, 0.2) is 11.1 Å². The van der Waals surface area contributed by atoms with Gasteiger partial charge >= 0.3 is 5.69 Å². The second-order valence-electron chi connectivity index (χ2n) is 8.67. The van der Waals surface area contributed by atoms with Crippen LogP contribution in [-0.2, 0) is 6.42 Å². The Hall–Kier alpha value is -4.58. The van der Waals surface area contributed by atoms with Crippen LogP contribution >= 0.6 is 11.3 Å². The summed E-state index contributed by atoms with van der Waals surface area (Å²) in [6.45, 7) is 0.487. The molecule has 1 amide bonds.